The van der Waals surface area contributed by atoms with Gasteiger partial charge in [-0.05, 0) is 24.1 Å². The second-order valence-corrected chi connectivity index (χ2v) is 5.33. The Bertz CT molecular complexity index is 654. The summed E-state index contributed by atoms with van der Waals surface area (Å²) in [5.74, 6) is 0.938. The van der Waals surface area contributed by atoms with Gasteiger partial charge in [0.15, 0.2) is 11.5 Å². The SMILES string of the molecule is COc1ccc(C2NC(=O)NC3=CCCC(=O)C32)cc1OC. The molecule has 1 aromatic rings. The molecular formula is C16H18N2O4. The molecule has 6 heteroatoms. The molecule has 0 saturated carbocycles. The molecule has 0 spiro atoms. The van der Waals surface area contributed by atoms with Gasteiger partial charge in [-0.15, -0.1) is 0 Å². The lowest BCUT2D eigenvalue weighted by Crippen LogP contribution is -2.51. The van der Waals surface area contributed by atoms with Gasteiger partial charge < -0.3 is 20.1 Å². The van der Waals surface area contributed by atoms with Crippen LogP contribution in [0.2, 0.25) is 0 Å². The van der Waals surface area contributed by atoms with Crippen molar-refractivity contribution < 1.29 is 19.1 Å². The molecule has 1 saturated heterocycles. The van der Waals surface area contributed by atoms with Crippen LogP contribution >= 0.6 is 0 Å². The van der Waals surface area contributed by atoms with Gasteiger partial charge in [-0.1, -0.05) is 12.1 Å². The third-order valence-corrected chi connectivity index (χ3v) is 4.08. The molecule has 116 valence electrons. The minimum Gasteiger partial charge on any atom is -0.493 e. The number of fused-ring (bicyclic) bond motifs is 1. The molecule has 1 aromatic carbocycles. The van der Waals surface area contributed by atoms with Crippen molar-refractivity contribution >= 4 is 11.8 Å². The zero-order valence-corrected chi connectivity index (χ0v) is 12.5. The summed E-state index contributed by atoms with van der Waals surface area (Å²) in [6, 6.07) is 4.73. The van der Waals surface area contributed by atoms with Crippen molar-refractivity contribution in [3.05, 3.63) is 35.5 Å². The van der Waals surface area contributed by atoms with Crippen LogP contribution in [0.25, 0.3) is 0 Å². The molecule has 1 fully saturated rings. The molecular weight excluding hydrogens is 284 g/mol. The van der Waals surface area contributed by atoms with E-state index >= 15 is 0 Å². The number of ketones is 1. The third kappa shape index (κ3) is 2.41. The largest absolute Gasteiger partial charge is 0.493 e. The first-order valence-electron chi connectivity index (χ1n) is 7.16. The highest BCUT2D eigenvalue weighted by Crippen LogP contribution is 2.37. The number of carbonyl (C=O) groups is 2. The van der Waals surface area contributed by atoms with Crippen LogP contribution in [0.1, 0.15) is 24.4 Å². The number of Topliss-reactive ketones (excluding diaryl/α,β-unsaturated/α-hetero) is 1. The Balaban J connectivity index is 2.01. The van der Waals surface area contributed by atoms with E-state index in [1.807, 2.05) is 12.1 Å². The Labute approximate surface area is 128 Å². The molecule has 1 aliphatic carbocycles. The lowest BCUT2D eigenvalue weighted by molar-refractivity contribution is -0.123. The Kier molecular flexibility index (Phi) is 3.75. The molecule has 2 N–H and O–H groups in total. The molecule has 2 aliphatic rings. The summed E-state index contributed by atoms with van der Waals surface area (Å²) < 4.78 is 10.5. The van der Waals surface area contributed by atoms with E-state index < -0.39 is 6.04 Å². The average molecular weight is 302 g/mol. The zero-order valence-electron chi connectivity index (χ0n) is 12.5. The number of methoxy groups -OCH3 is 2. The van der Waals surface area contributed by atoms with Crippen molar-refractivity contribution in [2.45, 2.75) is 18.9 Å². The number of allylic oxidation sites excluding steroid dienone is 1. The maximum absolute atomic E-state index is 12.3. The van der Waals surface area contributed by atoms with Gasteiger partial charge in [0.05, 0.1) is 26.2 Å². The fourth-order valence-electron chi connectivity index (χ4n) is 3.03. The lowest BCUT2D eigenvalue weighted by Gasteiger charge is -2.36. The van der Waals surface area contributed by atoms with Crippen LogP contribution in [0.15, 0.2) is 30.0 Å². The summed E-state index contributed by atoms with van der Waals surface area (Å²) in [5.41, 5.74) is 1.51. The van der Waals surface area contributed by atoms with Crippen LogP contribution in [-0.2, 0) is 4.79 Å². The van der Waals surface area contributed by atoms with E-state index in [2.05, 4.69) is 10.6 Å². The number of amides is 2. The Hall–Kier alpha value is -2.50. The zero-order chi connectivity index (χ0) is 15.7. The highest BCUT2D eigenvalue weighted by atomic mass is 16.5. The molecule has 0 bridgehead atoms. The van der Waals surface area contributed by atoms with Gasteiger partial charge in [0, 0.05) is 12.1 Å². The smallest absolute Gasteiger partial charge is 0.319 e. The third-order valence-electron chi connectivity index (χ3n) is 4.08. The average Bonchev–Trinajstić information content (AvgIpc) is 2.53. The summed E-state index contributed by atoms with van der Waals surface area (Å²) in [4.78, 5) is 24.2. The Morgan fingerprint density at radius 3 is 2.64 bits per heavy atom. The number of urea groups is 1. The van der Waals surface area contributed by atoms with Crippen LogP contribution in [0, 0.1) is 5.92 Å². The lowest BCUT2D eigenvalue weighted by atomic mass is 9.80. The molecule has 0 radical (unpaired) electrons. The van der Waals surface area contributed by atoms with E-state index in [1.165, 1.54) is 0 Å². The van der Waals surface area contributed by atoms with Crippen LogP contribution in [0.5, 0.6) is 11.5 Å². The summed E-state index contributed by atoms with van der Waals surface area (Å²) in [6.07, 6.45) is 3.09. The van der Waals surface area contributed by atoms with Crippen LogP contribution < -0.4 is 20.1 Å². The van der Waals surface area contributed by atoms with Gasteiger partial charge in [-0.3, -0.25) is 4.79 Å². The van der Waals surface area contributed by atoms with E-state index in [9.17, 15) is 9.59 Å². The summed E-state index contributed by atoms with van der Waals surface area (Å²) >= 11 is 0. The number of benzene rings is 1. The maximum Gasteiger partial charge on any atom is 0.319 e. The van der Waals surface area contributed by atoms with Gasteiger partial charge in [-0.2, -0.15) is 0 Å². The van der Waals surface area contributed by atoms with Gasteiger partial charge in [-0.25, -0.2) is 4.79 Å². The molecule has 3 rings (SSSR count). The Morgan fingerprint density at radius 2 is 1.91 bits per heavy atom. The van der Waals surface area contributed by atoms with Gasteiger partial charge in [0.25, 0.3) is 0 Å². The fraction of sp³-hybridized carbons (Fsp3) is 0.375. The second-order valence-electron chi connectivity index (χ2n) is 5.33. The quantitative estimate of drug-likeness (QED) is 0.894. The van der Waals surface area contributed by atoms with E-state index in [4.69, 9.17) is 9.47 Å². The molecule has 0 aromatic heterocycles. The van der Waals surface area contributed by atoms with E-state index in [0.29, 0.717) is 30.0 Å². The van der Waals surface area contributed by atoms with E-state index in [-0.39, 0.29) is 17.7 Å². The number of rotatable bonds is 3. The second kappa shape index (κ2) is 5.71. The van der Waals surface area contributed by atoms with Crippen molar-refractivity contribution in [1.29, 1.82) is 0 Å². The monoisotopic (exact) mass is 302 g/mol. The number of nitrogens with one attached hydrogen (secondary N) is 2. The first-order valence-corrected chi connectivity index (χ1v) is 7.16. The normalized spacial score (nSPS) is 23.8. The van der Waals surface area contributed by atoms with Crippen LogP contribution in [0.3, 0.4) is 0 Å². The minimum atomic E-state index is -0.396. The number of hydrogen-bond acceptors (Lipinski definition) is 4. The van der Waals surface area contributed by atoms with Crippen molar-refractivity contribution in [3.8, 4) is 11.5 Å². The standard InChI is InChI=1S/C16H18N2O4/c1-21-12-7-6-9(8-13(12)22-2)15-14-10(17-16(20)18-15)4-3-5-11(14)19/h4,6-8,14-15H,3,5H2,1-2H3,(H2,17,18,20). The molecule has 6 nitrogen and oxygen atoms in total. The van der Waals surface area contributed by atoms with Crippen molar-refractivity contribution in [2.75, 3.05) is 14.2 Å². The Morgan fingerprint density at radius 1 is 1.14 bits per heavy atom. The maximum atomic E-state index is 12.3. The number of hydrogen-bond donors (Lipinski definition) is 2. The topological polar surface area (TPSA) is 76.7 Å². The van der Waals surface area contributed by atoms with Crippen molar-refractivity contribution in [1.82, 2.24) is 10.6 Å². The van der Waals surface area contributed by atoms with Gasteiger partial charge in [0.2, 0.25) is 0 Å². The molecule has 22 heavy (non-hydrogen) atoms. The molecule has 1 aliphatic heterocycles. The van der Waals surface area contributed by atoms with Crippen molar-refractivity contribution in [2.24, 2.45) is 5.92 Å². The summed E-state index contributed by atoms with van der Waals surface area (Å²) in [7, 11) is 3.12. The molecule has 2 amide bonds. The number of ether oxygens (including phenoxy) is 2. The van der Waals surface area contributed by atoms with Crippen LogP contribution in [-0.4, -0.2) is 26.0 Å². The summed E-state index contributed by atoms with van der Waals surface area (Å²) in [6.45, 7) is 0. The predicted molar refractivity (Wildman–Crippen MR) is 79.8 cm³/mol. The van der Waals surface area contributed by atoms with Crippen LogP contribution in [0.4, 0.5) is 4.79 Å². The fourth-order valence-corrected chi connectivity index (χ4v) is 3.03. The molecule has 1 heterocycles. The highest BCUT2D eigenvalue weighted by molar-refractivity contribution is 5.90. The first kappa shape index (κ1) is 14.4. The van der Waals surface area contributed by atoms with Gasteiger partial charge in [0.1, 0.15) is 5.78 Å². The van der Waals surface area contributed by atoms with E-state index in [1.54, 1.807) is 26.4 Å². The summed E-state index contributed by atoms with van der Waals surface area (Å²) in [5, 5.41) is 5.58. The minimum absolute atomic E-state index is 0.129. The van der Waals surface area contributed by atoms with Gasteiger partial charge >= 0.3 is 6.03 Å². The highest BCUT2D eigenvalue weighted by Gasteiger charge is 2.39. The number of carbonyl (C=O) groups excluding carboxylic acids is 2. The van der Waals surface area contributed by atoms with Crippen molar-refractivity contribution in [3.63, 3.8) is 0 Å². The van der Waals surface area contributed by atoms with E-state index in [0.717, 1.165) is 5.56 Å². The molecule has 2 atom stereocenters. The first-order chi connectivity index (χ1) is 10.6. The molecule has 2 unspecified atom stereocenters. The predicted octanol–water partition coefficient (Wildman–Crippen LogP) is 1.92.